The van der Waals surface area contributed by atoms with E-state index < -0.39 is 11.2 Å². The Morgan fingerprint density at radius 1 is 1.14 bits per heavy atom. The number of carbonyl (C=O) groups excluding carboxylic acids is 1. The van der Waals surface area contributed by atoms with E-state index in [1.807, 2.05) is 61.5 Å². The van der Waals surface area contributed by atoms with Gasteiger partial charge in [0.1, 0.15) is 5.82 Å². The van der Waals surface area contributed by atoms with E-state index in [2.05, 4.69) is 9.88 Å². The van der Waals surface area contributed by atoms with Crippen LogP contribution >= 0.6 is 11.6 Å². The quantitative estimate of drug-likeness (QED) is 0.473. The van der Waals surface area contributed by atoms with Gasteiger partial charge in [-0.2, -0.15) is 0 Å². The minimum absolute atomic E-state index is 0.00539. The van der Waals surface area contributed by atoms with Crippen LogP contribution in [0.3, 0.4) is 0 Å². The predicted molar refractivity (Wildman–Crippen MR) is 139 cm³/mol. The summed E-state index contributed by atoms with van der Waals surface area (Å²) >= 11 is 6.43. The number of nitrogens with zero attached hydrogens (tertiary/aromatic N) is 3. The van der Waals surface area contributed by atoms with E-state index in [1.165, 1.54) is 9.47 Å². The summed E-state index contributed by atoms with van der Waals surface area (Å²) in [7, 11) is 0. The molecule has 1 heterocycles. The van der Waals surface area contributed by atoms with Gasteiger partial charge in [-0.25, -0.2) is 4.79 Å². The Morgan fingerprint density at radius 2 is 1.80 bits per heavy atom. The first-order valence-electron chi connectivity index (χ1n) is 11.8. The number of H-pyrrole nitrogens is 1. The molecule has 2 aromatic carbocycles. The number of carbonyl (C=O) groups is 1. The van der Waals surface area contributed by atoms with Crippen LogP contribution in [0.1, 0.15) is 43.9 Å². The fourth-order valence-electron chi connectivity index (χ4n) is 4.44. The number of aromatic amines is 1. The van der Waals surface area contributed by atoms with Crippen LogP contribution in [0.15, 0.2) is 64.2 Å². The predicted octanol–water partition coefficient (Wildman–Crippen LogP) is 3.40. The van der Waals surface area contributed by atoms with E-state index in [4.69, 9.17) is 17.3 Å². The minimum Gasteiger partial charge on any atom is -0.383 e. The summed E-state index contributed by atoms with van der Waals surface area (Å²) < 4.78 is 1.28. The normalized spacial score (nSPS) is 14.2. The van der Waals surface area contributed by atoms with Crippen molar-refractivity contribution in [2.45, 2.75) is 45.3 Å². The molecule has 1 fully saturated rings. The number of nitrogens with two attached hydrogens (primary N) is 1. The highest BCUT2D eigenvalue weighted by molar-refractivity contribution is 6.31. The maximum absolute atomic E-state index is 13.6. The average Bonchev–Trinajstić information content (AvgIpc) is 3.68. The second-order valence-electron chi connectivity index (χ2n) is 8.80. The molecule has 1 aliphatic rings. The number of rotatable bonds is 9. The lowest BCUT2D eigenvalue weighted by Gasteiger charge is -2.32. The topological polar surface area (TPSA) is 104 Å². The number of likely N-dealkylation sites (N-methyl/N-ethyl adjacent to an activating group) is 1. The Labute approximate surface area is 208 Å². The Kier molecular flexibility index (Phi) is 7.42. The monoisotopic (exact) mass is 495 g/mol. The van der Waals surface area contributed by atoms with E-state index in [-0.39, 0.29) is 49.1 Å². The SMILES string of the molecule is CCN(C(=O)CN(C1CC1)[C@@H](C)c1ccccc1Cl)c1c(N)n(Cc2ccccc2)c(=O)[nH]c1=O. The van der Waals surface area contributed by atoms with Crippen LogP contribution in [0.2, 0.25) is 5.02 Å². The number of halogens is 1. The third-order valence-corrected chi connectivity index (χ3v) is 6.82. The van der Waals surface area contributed by atoms with Crippen molar-refractivity contribution in [1.82, 2.24) is 14.5 Å². The van der Waals surface area contributed by atoms with E-state index >= 15 is 0 Å². The molecule has 8 nitrogen and oxygen atoms in total. The average molecular weight is 496 g/mol. The molecule has 3 aromatic rings. The molecule has 0 unspecified atom stereocenters. The highest BCUT2D eigenvalue weighted by Crippen LogP contribution is 2.36. The maximum Gasteiger partial charge on any atom is 0.330 e. The second kappa shape index (κ2) is 10.5. The Morgan fingerprint density at radius 3 is 2.43 bits per heavy atom. The van der Waals surface area contributed by atoms with Crippen molar-refractivity contribution >= 4 is 29.0 Å². The molecule has 0 aliphatic heterocycles. The van der Waals surface area contributed by atoms with E-state index in [0.29, 0.717) is 5.02 Å². The second-order valence-corrected chi connectivity index (χ2v) is 9.21. The first-order chi connectivity index (χ1) is 16.8. The van der Waals surface area contributed by atoms with Gasteiger partial charge in [-0.3, -0.25) is 24.0 Å². The number of aromatic nitrogens is 2. The van der Waals surface area contributed by atoms with Crippen LogP contribution in [0.4, 0.5) is 11.5 Å². The van der Waals surface area contributed by atoms with E-state index in [9.17, 15) is 14.4 Å². The Bertz CT molecular complexity index is 1320. The molecule has 35 heavy (non-hydrogen) atoms. The molecule has 1 aliphatic carbocycles. The van der Waals surface area contributed by atoms with Gasteiger partial charge in [0, 0.05) is 23.7 Å². The van der Waals surface area contributed by atoms with Crippen LogP contribution in [0, 0.1) is 0 Å². The van der Waals surface area contributed by atoms with Crippen LogP contribution in [0.25, 0.3) is 0 Å². The molecule has 4 rings (SSSR count). The Hall–Kier alpha value is -3.36. The molecule has 3 N–H and O–H groups in total. The van der Waals surface area contributed by atoms with Gasteiger partial charge in [0.2, 0.25) is 5.91 Å². The van der Waals surface area contributed by atoms with Gasteiger partial charge in [-0.05, 0) is 43.9 Å². The van der Waals surface area contributed by atoms with Crippen LogP contribution < -0.4 is 21.9 Å². The molecule has 1 saturated carbocycles. The summed E-state index contributed by atoms with van der Waals surface area (Å²) in [5.74, 6) is -0.296. The lowest BCUT2D eigenvalue weighted by atomic mass is 10.1. The third kappa shape index (κ3) is 5.33. The molecule has 1 aromatic heterocycles. The first kappa shape index (κ1) is 24.8. The van der Waals surface area contributed by atoms with Crippen LogP contribution in [0.5, 0.6) is 0 Å². The van der Waals surface area contributed by atoms with E-state index in [1.54, 1.807) is 6.92 Å². The van der Waals surface area contributed by atoms with Gasteiger partial charge in [-0.1, -0.05) is 60.1 Å². The number of hydrogen-bond acceptors (Lipinski definition) is 5. The van der Waals surface area contributed by atoms with Gasteiger partial charge in [0.05, 0.1) is 13.1 Å². The van der Waals surface area contributed by atoms with Crippen molar-refractivity contribution in [1.29, 1.82) is 0 Å². The largest absolute Gasteiger partial charge is 0.383 e. The molecular formula is C26H30ClN5O3. The molecule has 9 heteroatoms. The fourth-order valence-corrected chi connectivity index (χ4v) is 4.74. The van der Waals surface area contributed by atoms with Crippen molar-refractivity contribution < 1.29 is 4.79 Å². The summed E-state index contributed by atoms with van der Waals surface area (Å²) in [5.41, 5.74) is 6.84. The smallest absolute Gasteiger partial charge is 0.330 e. The van der Waals surface area contributed by atoms with Gasteiger partial charge in [0.15, 0.2) is 5.69 Å². The molecule has 1 atom stereocenters. The maximum atomic E-state index is 13.6. The molecule has 0 spiro atoms. The summed E-state index contributed by atoms with van der Waals surface area (Å²) in [4.78, 5) is 44.8. The molecule has 1 amide bonds. The van der Waals surface area contributed by atoms with Crippen LogP contribution in [-0.4, -0.2) is 39.5 Å². The summed E-state index contributed by atoms with van der Waals surface area (Å²) in [6.45, 7) is 4.32. The number of nitrogen functional groups attached to an aromatic ring is 1. The molecular weight excluding hydrogens is 466 g/mol. The zero-order valence-corrected chi connectivity index (χ0v) is 20.7. The van der Waals surface area contributed by atoms with Gasteiger partial charge < -0.3 is 10.6 Å². The highest BCUT2D eigenvalue weighted by Gasteiger charge is 2.36. The zero-order valence-electron chi connectivity index (χ0n) is 19.9. The molecule has 0 bridgehead atoms. The van der Waals surface area contributed by atoms with Crippen molar-refractivity contribution in [2.24, 2.45) is 0 Å². The van der Waals surface area contributed by atoms with E-state index in [0.717, 1.165) is 24.0 Å². The van der Waals surface area contributed by atoms with Gasteiger partial charge >= 0.3 is 5.69 Å². The van der Waals surface area contributed by atoms with Crippen molar-refractivity contribution in [3.8, 4) is 0 Å². The highest BCUT2D eigenvalue weighted by atomic mass is 35.5. The lowest BCUT2D eigenvalue weighted by molar-refractivity contribution is -0.120. The van der Waals surface area contributed by atoms with Crippen molar-refractivity contribution in [2.75, 3.05) is 23.7 Å². The third-order valence-electron chi connectivity index (χ3n) is 6.47. The number of benzene rings is 2. The minimum atomic E-state index is -0.677. The van der Waals surface area contributed by atoms with Crippen molar-refractivity contribution in [3.63, 3.8) is 0 Å². The number of hydrogen-bond donors (Lipinski definition) is 2. The summed E-state index contributed by atoms with van der Waals surface area (Å²) in [6, 6.07) is 17.1. The fraction of sp³-hybridized carbons (Fsp3) is 0.346. The zero-order chi connectivity index (χ0) is 25.1. The Balaban J connectivity index is 1.64. The molecule has 184 valence electrons. The van der Waals surface area contributed by atoms with Gasteiger partial charge in [-0.15, -0.1) is 0 Å². The number of anilines is 2. The summed E-state index contributed by atoms with van der Waals surface area (Å²) in [6.07, 6.45) is 2.00. The number of nitrogens with one attached hydrogen (secondary N) is 1. The molecule has 0 saturated heterocycles. The summed E-state index contributed by atoms with van der Waals surface area (Å²) in [5, 5.41) is 0.652. The first-order valence-corrected chi connectivity index (χ1v) is 12.2. The van der Waals surface area contributed by atoms with Crippen molar-refractivity contribution in [3.05, 3.63) is 91.6 Å². The van der Waals surface area contributed by atoms with Gasteiger partial charge in [0.25, 0.3) is 5.56 Å². The molecule has 0 radical (unpaired) electrons. The van der Waals surface area contributed by atoms with Crippen LogP contribution in [-0.2, 0) is 11.3 Å². The number of amides is 1. The standard InChI is InChI=1S/C26H30ClN5O3/c1-3-30(22(33)16-31(19-13-14-19)17(2)20-11-7-8-12-21(20)27)23-24(28)32(26(35)29-25(23)34)15-18-9-5-4-6-10-18/h4-12,17,19H,3,13-16,28H2,1-2H3,(H,29,34,35)/t17-/m0/s1. The lowest BCUT2D eigenvalue weighted by Crippen LogP contribution is -2.46.